The molecule has 20 heavy (non-hydrogen) atoms. The first kappa shape index (κ1) is 14.9. The molecule has 0 radical (unpaired) electrons. The molecule has 0 amide bonds. The van der Waals surface area contributed by atoms with E-state index in [9.17, 15) is 4.21 Å². The van der Waals surface area contributed by atoms with Crippen LogP contribution in [0.25, 0.3) is 0 Å². The minimum absolute atomic E-state index is 0.274. The molecule has 2 N–H and O–H groups in total. The van der Waals surface area contributed by atoms with Gasteiger partial charge in [-0.1, -0.05) is 11.6 Å². The molecule has 2 aromatic rings. The third-order valence-electron chi connectivity index (χ3n) is 2.96. The van der Waals surface area contributed by atoms with Crippen LogP contribution in [0, 0.1) is 6.92 Å². The van der Waals surface area contributed by atoms with Gasteiger partial charge in [0.25, 0.3) is 0 Å². The van der Waals surface area contributed by atoms with Crippen molar-refractivity contribution in [1.29, 1.82) is 0 Å². The van der Waals surface area contributed by atoms with E-state index >= 15 is 0 Å². The van der Waals surface area contributed by atoms with E-state index < -0.39 is 10.8 Å². The average Bonchev–Trinajstić information content (AvgIpc) is 2.65. The Balaban J connectivity index is 2.33. The quantitative estimate of drug-likeness (QED) is 0.879. The highest BCUT2D eigenvalue weighted by Crippen LogP contribution is 2.28. The summed E-state index contributed by atoms with van der Waals surface area (Å²) in [7, 11) is 2.02. The molecule has 1 atom stereocenters. The number of nitrogens with two attached hydrogens (primary N) is 1. The zero-order chi connectivity index (χ0) is 14.9. The highest BCUT2D eigenvalue weighted by Gasteiger charge is 2.17. The number of anilines is 1. The van der Waals surface area contributed by atoms with Crippen molar-refractivity contribution in [3.8, 4) is 5.75 Å². The van der Waals surface area contributed by atoms with Crippen molar-refractivity contribution in [2.45, 2.75) is 17.6 Å². The first-order valence-electron chi connectivity index (χ1n) is 5.94. The number of hydrogen-bond donors (Lipinski definition) is 1. The van der Waals surface area contributed by atoms with Crippen molar-refractivity contribution in [2.24, 2.45) is 7.05 Å². The summed E-state index contributed by atoms with van der Waals surface area (Å²) in [6.45, 7) is 1.82. The molecule has 0 aliphatic rings. The fourth-order valence-corrected chi connectivity index (χ4v) is 3.54. The third kappa shape index (κ3) is 2.81. The minimum Gasteiger partial charge on any atom is -0.495 e. The third-order valence-corrected chi connectivity index (χ3v) is 4.82. The number of nitrogen functional groups attached to an aromatic ring is 1. The second-order valence-electron chi connectivity index (χ2n) is 4.37. The Bertz CT molecular complexity index is 670. The van der Waals surface area contributed by atoms with Gasteiger partial charge < -0.3 is 10.5 Å². The molecule has 1 heterocycles. The molecule has 1 aromatic carbocycles. The summed E-state index contributed by atoms with van der Waals surface area (Å²) in [4.78, 5) is 0.594. The van der Waals surface area contributed by atoms with Crippen LogP contribution >= 0.6 is 11.6 Å². The second kappa shape index (κ2) is 5.85. The molecule has 0 fully saturated rings. The first-order chi connectivity index (χ1) is 9.43. The van der Waals surface area contributed by atoms with Gasteiger partial charge in [-0.15, -0.1) is 0 Å². The van der Waals surface area contributed by atoms with Gasteiger partial charge in [-0.05, 0) is 19.1 Å². The van der Waals surface area contributed by atoms with Crippen molar-refractivity contribution in [1.82, 2.24) is 9.78 Å². The fourth-order valence-electron chi connectivity index (χ4n) is 1.91. The molecule has 1 aromatic heterocycles. The van der Waals surface area contributed by atoms with Gasteiger partial charge in [-0.25, -0.2) is 0 Å². The normalized spacial score (nSPS) is 12.4. The summed E-state index contributed by atoms with van der Waals surface area (Å²) in [6.07, 6.45) is 0. The van der Waals surface area contributed by atoms with Gasteiger partial charge in [0.1, 0.15) is 5.75 Å². The van der Waals surface area contributed by atoms with Crippen LogP contribution in [0.15, 0.2) is 23.1 Å². The molecular weight excluding hydrogens is 298 g/mol. The van der Waals surface area contributed by atoms with E-state index in [1.807, 2.05) is 6.92 Å². The summed E-state index contributed by atoms with van der Waals surface area (Å²) >= 11 is 6.18. The molecule has 1 unspecified atom stereocenters. The molecule has 0 spiro atoms. The molecule has 0 saturated heterocycles. The van der Waals surface area contributed by atoms with Gasteiger partial charge in [0.05, 0.1) is 45.0 Å². The van der Waals surface area contributed by atoms with E-state index in [-0.39, 0.29) is 5.75 Å². The molecule has 0 saturated carbocycles. The molecule has 7 heteroatoms. The zero-order valence-electron chi connectivity index (χ0n) is 11.5. The van der Waals surface area contributed by atoms with E-state index in [1.54, 1.807) is 29.9 Å². The van der Waals surface area contributed by atoms with E-state index in [2.05, 4.69) is 5.10 Å². The first-order valence-corrected chi connectivity index (χ1v) is 7.63. The number of rotatable bonds is 4. The molecule has 0 aliphatic heterocycles. The number of aromatic nitrogens is 2. The average molecular weight is 314 g/mol. The number of nitrogens with zero attached hydrogens (tertiary/aromatic N) is 2. The van der Waals surface area contributed by atoms with E-state index in [4.69, 9.17) is 22.1 Å². The van der Waals surface area contributed by atoms with E-state index in [1.165, 1.54) is 7.11 Å². The lowest BCUT2D eigenvalue weighted by Gasteiger charge is -2.09. The molecule has 2 rings (SSSR count). The monoisotopic (exact) mass is 313 g/mol. The summed E-state index contributed by atoms with van der Waals surface area (Å²) in [5, 5.41) is 4.76. The summed E-state index contributed by atoms with van der Waals surface area (Å²) in [6, 6.07) is 5.07. The number of methoxy groups -OCH3 is 1. The minimum atomic E-state index is -1.29. The second-order valence-corrected chi connectivity index (χ2v) is 6.17. The lowest BCUT2D eigenvalue weighted by atomic mass is 10.3. The van der Waals surface area contributed by atoms with Crippen LogP contribution in [-0.2, 0) is 23.6 Å². The number of hydrogen-bond acceptors (Lipinski definition) is 4. The predicted molar refractivity (Wildman–Crippen MR) is 80.5 cm³/mol. The van der Waals surface area contributed by atoms with Crippen molar-refractivity contribution < 1.29 is 8.95 Å². The van der Waals surface area contributed by atoms with E-state index in [0.29, 0.717) is 21.4 Å². The Labute approximate surface area is 125 Å². The van der Waals surface area contributed by atoms with Crippen LogP contribution in [0.2, 0.25) is 5.02 Å². The highest BCUT2D eigenvalue weighted by molar-refractivity contribution is 7.84. The summed E-state index contributed by atoms with van der Waals surface area (Å²) < 4.78 is 19.4. The number of benzene rings is 1. The largest absolute Gasteiger partial charge is 0.495 e. The van der Waals surface area contributed by atoms with Crippen molar-refractivity contribution in [3.05, 3.63) is 34.6 Å². The Hall–Kier alpha value is -1.53. The lowest BCUT2D eigenvalue weighted by molar-refractivity contribution is 0.404. The Kier molecular flexibility index (Phi) is 4.35. The Morgan fingerprint density at radius 1 is 1.50 bits per heavy atom. The molecule has 0 bridgehead atoms. The molecule has 5 nitrogen and oxygen atoms in total. The van der Waals surface area contributed by atoms with Gasteiger partial charge in [0, 0.05) is 18.8 Å². The van der Waals surface area contributed by atoms with Crippen LogP contribution in [0.4, 0.5) is 5.69 Å². The van der Waals surface area contributed by atoms with Crippen molar-refractivity contribution in [3.63, 3.8) is 0 Å². The SMILES string of the molecule is COc1cc(N)ccc1S(=O)Cc1c(Cl)c(C)nn1C. The number of aryl methyl sites for hydroxylation is 2. The van der Waals surface area contributed by atoms with Crippen molar-refractivity contribution >= 4 is 28.1 Å². The van der Waals surface area contributed by atoms with Crippen LogP contribution in [0.5, 0.6) is 5.75 Å². The molecule has 0 aliphatic carbocycles. The summed E-state index contributed by atoms with van der Waals surface area (Å²) in [5.74, 6) is 0.787. The van der Waals surface area contributed by atoms with Crippen LogP contribution in [0.1, 0.15) is 11.4 Å². The molecule has 108 valence electrons. The maximum absolute atomic E-state index is 12.5. The van der Waals surface area contributed by atoms with E-state index in [0.717, 1.165) is 11.4 Å². The smallest absolute Gasteiger partial charge is 0.137 e. The van der Waals surface area contributed by atoms with Gasteiger partial charge in [-0.3, -0.25) is 8.89 Å². The fraction of sp³-hybridized carbons (Fsp3) is 0.308. The van der Waals surface area contributed by atoms with Crippen LogP contribution in [-0.4, -0.2) is 21.1 Å². The van der Waals surface area contributed by atoms with Gasteiger partial charge in [0.2, 0.25) is 0 Å². The van der Waals surface area contributed by atoms with Gasteiger partial charge in [-0.2, -0.15) is 5.10 Å². The summed E-state index contributed by atoms with van der Waals surface area (Å²) in [5.41, 5.74) is 7.72. The standard InChI is InChI=1S/C13H16ClN3O2S/c1-8-13(14)10(17(2)16-8)7-20(18)12-5-4-9(15)6-11(12)19-3/h4-6H,7,15H2,1-3H3. The number of halogens is 1. The zero-order valence-corrected chi connectivity index (χ0v) is 13.1. The predicted octanol–water partition coefficient (Wildman–Crippen LogP) is 2.28. The maximum atomic E-state index is 12.5. The van der Waals surface area contributed by atoms with Crippen LogP contribution < -0.4 is 10.5 Å². The maximum Gasteiger partial charge on any atom is 0.137 e. The topological polar surface area (TPSA) is 70.1 Å². The molecular formula is C13H16ClN3O2S. The lowest BCUT2D eigenvalue weighted by Crippen LogP contribution is -2.05. The Morgan fingerprint density at radius 3 is 2.75 bits per heavy atom. The number of ether oxygens (including phenoxy) is 1. The van der Waals surface area contributed by atoms with Gasteiger partial charge >= 0.3 is 0 Å². The van der Waals surface area contributed by atoms with Crippen molar-refractivity contribution in [2.75, 3.05) is 12.8 Å². The van der Waals surface area contributed by atoms with Crippen LogP contribution in [0.3, 0.4) is 0 Å². The van der Waals surface area contributed by atoms with Gasteiger partial charge in [0.15, 0.2) is 0 Å². The Morgan fingerprint density at radius 2 is 2.20 bits per heavy atom. The highest BCUT2D eigenvalue weighted by atomic mass is 35.5.